The van der Waals surface area contributed by atoms with E-state index < -0.39 is 5.97 Å². The van der Waals surface area contributed by atoms with Crippen molar-refractivity contribution in [2.75, 3.05) is 6.61 Å². The number of carbonyl (C=O) groups is 1. The molecule has 0 fully saturated rings. The van der Waals surface area contributed by atoms with Gasteiger partial charge in [0.05, 0.1) is 0 Å². The van der Waals surface area contributed by atoms with Gasteiger partial charge in [0, 0.05) is 0 Å². The molecule has 2 N–H and O–H groups in total. The minimum absolute atomic E-state index is 0.0343. The highest BCUT2D eigenvalue weighted by Crippen LogP contribution is 2.26. The molecule has 0 unspecified atom stereocenters. The zero-order valence-corrected chi connectivity index (χ0v) is 7.43. The quantitative estimate of drug-likeness (QED) is 0.564. The largest absolute Gasteiger partial charge is 0.507 e. The molecular formula is C10H10O4. The molecule has 0 amide bonds. The summed E-state index contributed by atoms with van der Waals surface area (Å²) in [6, 6.07) is 4.02. The fourth-order valence-electron chi connectivity index (χ4n) is 0.944. The topological polar surface area (TPSA) is 66.8 Å². The number of esters is 1. The average Bonchev–Trinajstić information content (AvgIpc) is 2.14. The zero-order chi connectivity index (χ0) is 10.6. The van der Waals surface area contributed by atoms with Crippen molar-refractivity contribution >= 4 is 5.97 Å². The summed E-state index contributed by atoms with van der Waals surface area (Å²) in [6.07, 6.45) is 1.40. The van der Waals surface area contributed by atoms with Crippen LogP contribution in [-0.2, 0) is 4.74 Å². The van der Waals surface area contributed by atoms with E-state index in [1.165, 1.54) is 24.3 Å². The van der Waals surface area contributed by atoms with E-state index >= 15 is 0 Å². The van der Waals surface area contributed by atoms with Crippen molar-refractivity contribution in [1.82, 2.24) is 0 Å². The summed E-state index contributed by atoms with van der Waals surface area (Å²) in [7, 11) is 0. The van der Waals surface area contributed by atoms with Crippen molar-refractivity contribution < 1.29 is 19.7 Å². The van der Waals surface area contributed by atoms with Gasteiger partial charge in [0.2, 0.25) is 0 Å². The molecule has 0 saturated heterocycles. The van der Waals surface area contributed by atoms with Crippen LogP contribution in [0.15, 0.2) is 30.9 Å². The van der Waals surface area contributed by atoms with E-state index in [1.807, 2.05) is 0 Å². The van der Waals surface area contributed by atoms with Crippen LogP contribution in [0, 0.1) is 0 Å². The van der Waals surface area contributed by atoms with E-state index in [2.05, 4.69) is 11.3 Å². The van der Waals surface area contributed by atoms with Crippen LogP contribution in [0.2, 0.25) is 0 Å². The minimum Gasteiger partial charge on any atom is -0.507 e. The third kappa shape index (κ3) is 2.04. The first-order valence-electron chi connectivity index (χ1n) is 3.95. The molecule has 14 heavy (non-hydrogen) atoms. The van der Waals surface area contributed by atoms with Crippen molar-refractivity contribution in [2.45, 2.75) is 0 Å². The predicted molar refractivity (Wildman–Crippen MR) is 50.3 cm³/mol. The molecule has 0 heterocycles. The van der Waals surface area contributed by atoms with Crippen LogP contribution < -0.4 is 0 Å². The van der Waals surface area contributed by atoms with Crippen LogP contribution in [0.4, 0.5) is 0 Å². The zero-order valence-electron chi connectivity index (χ0n) is 7.43. The summed E-state index contributed by atoms with van der Waals surface area (Å²) in [4.78, 5) is 11.3. The Labute approximate surface area is 81.1 Å². The SMILES string of the molecule is C=CCOC(=O)c1c(O)cccc1O. The van der Waals surface area contributed by atoms with Crippen LogP contribution >= 0.6 is 0 Å². The van der Waals surface area contributed by atoms with Crippen LogP contribution in [0.1, 0.15) is 10.4 Å². The molecule has 0 aliphatic heterocycles. The van der Waals surface area contributed by atoms with E-state index in [0.717, 1.165) is 0 Å². The maximum absolute atomic E-state index is 11.3. The molecule has 4 heteroatoms. The lowest BCUT2D eigenvalue weighted by molar-refractivity contribution is 0.0543. The Bertz CT molecular complexity index is 337. The lowest BCUT2D eigenvalue weighted by atomic mass is 10.2. The molecule has 1 aromatic carbocycles. The Morgan fingerprint density at radius 3 is 2.50 bits per heavy atom. The molecule has 0 aliphatic carbocycles. The normalized spacial score (nSPS) is 9.43. The van der Waals surface area contributed by atoms with Gasteiger partial charge >= 0.3 is 5.97 Å². The summed E-state index contributed by atoms with van der Waals surface area (Å²) in [6.45, 7) is 3.40. The van der Waals surface area contributed by atoms with Crippen LogP contribution in [0.25, 0.3) is 0 Å². The second-order valence-corrected chi connectivity index (χ2v) is 2.56. The van der Waals surface area contributed by atoms with Gasteiger partial charge in [-0.2, -0.15) is 0 Å². The summed E-state index contributed by atoms with van der Waals surface area (Å²) in [5.41, 5.74) is -0.227. The first-order chi connectivity index (χ1) is 6.66. The number of carbonyl (C=O) groups excluding carboxylic acids is 1. The maximum Gasteiger partial charge on any atom is 0.346 e. The molecule has 0 spiro atoms. The number of hydrogen-bond acceptors (Lipinski definition) is 4. The van der Waals surface area contributed by atoms with Gasteiger partial charge in [0.1, 0.15) is 23.7 Å². The Kier molecular flexibility index (Phi) is 3.12. The van der Waals surface area contributed by atoms with E-state index in [1.54, 1.807) is 0 Å². The highest BCUT2D eigenvalue weighted by atomic mass is 16.5. The van der Waals surface area contributed by atoms with Crippen LogP contribution in [0.3, 0.4) is 0 Å². The Morgan fingerprint density at radius 1 is 1.43 bits per heavy atom. The standard InChI is InChI=1S/C10H10O4/c1-2-6-14-10(13)9-7(11)4-3-5-8(9)12/h2-5,11-12H,1,6H2. The van der Waals surface area contributed by atoms with E-state index in [4.69, 9.17) is 0 Å². The maximum atomic E-state index is 11.3. The van der Waals surface area contributed by atoms with Crippen molar-refractivity contribution in [3.05, 3.63) is 36.4 Å². The van der Waals surface area contributed by atoms with Gasteiger partial charge in [-0.3, -0.25) is 0 Å². The number of hydrogen-bond donors (Lipinski definition) is 2. The van der Waals surface area contributed by atoms with E-state index in [9.17, 15) is 15.0 Å². The highest BCUT2D eigenvalue weighted by Gasteiger charge is 2.16. The Morgan fingerprint density at radius 2 is 2.00 bits per heavy atom. The van der Waals surface area contributed by atoms with Crippen LogP contribution in [-0.4, -0.2) is 22.8 Å². The second kappa shape index (κ2) is 4.32. The molecule has 74 valence electrons. The van der Waals surface area contributed by atoms with Crippen molar-refractivity contribution in [3.8, 4) is 11.5 Å². The lowest BCUT2D eigenvalue weighted by Gasteiger charge is -2.05. The average molecular weight is 194 g/mol. The summed E-state index contributed by atoms with van der Waals surface area (Å²) in [5, 5.41) is 18.5. The fourth-order valence-corrected chi connectivity index (χ4v) is 0.944. The predicted octanol–water partition coefficient (Wildman–Crippen LogP) is 1.44. The van der Waals surface area contributed by atoms with Gasteiger partial charge < -0.3 is 14.9 Å². The molecule has 0 saturated carbocycles. The third-order valence-corrected chi connectivity index (χ3v) is 1.56. The summed E-state index contributed by atoms with van der Waals surface area (Å²) in [5.74, 6) is -1.39. The molecular weight excluding hydrogens is 184 g/mol. The molecule has 0 bridgehead atoms. The smallest absolute Gasteiger partial charge is 0.346 e. The van der Waals surface area contributed by atoms with Crippen molar-refractivity contribution in [3.63, 3.8) is 0 Å². The first kappa shape index (κ1) is 10.1. The second-order valence-electron chi connectivity index (χ2n) is 2.56. The number of rotatable bonds is 3. The minimum atomic E-state index is -0.777. The van der Waals surface area contributed by atoms with Crippen molar-refractivity contribution in [2.24, 2.45) is 0 Å². The van der Waals surface area contributed by atoms with E-state index in [0.29, 0.717) is 0 Å². The van der Waals surface area contributed by atoms with Gasteiger partial charge in [0.15, 0.2) is 0 Å². The Hall–Kier alpha value is -1.97. The molecule has 0 aliphatic rings. The monoisotopic (exact) mass is 194 g/mol. The first-order valence-corrected chi connectivity index (χ1v) is 3.95. The molecule has 4 nitrogen and oxygen atoms in total. The summed E-state index contributed by atoms with van der Waals surface area (Å²) >= 11 is 0. The number of benzene rings is 1. The number of phenols is 2. The van der Waals surface area contributed by atoms with E-state index in [-0.39, 0.29) is 23.7 Å². The third-order valence-electron chi connectivity index (χ3n) is 1.56. The van der Waals surface area contributed by atoms with Gasteiger partial charge in [-0.25, -0.2) is 4.79 Å². The molecule has 1 aromatic rings. The molecule has 0 aromatic heterocycles. The fraction of sp³-hybridized carbons (Fsp3) is 0.100. The van der Waals surface area contributed by atoms with Crippen LogP contribution in [0.5, 0.6) is 11.5 Å². The number of phenolic OH excluding ortho intramolecular Hbond substituents is 2. The lowest BCUT2D eigenvalue weighted by Crippen LogP contribution is -2.05. The number of aromatic hydroxyl groups is 2. The molecule has 0 radical (unpaired) electrons. The van der Waals surface area contributed by atoms with Crippen molar-refractivity contribution in [1.29, 1.82) is 0 Å². The molecule has 1 rings (SSSR count). The highest BCUT2D eigenvalue weighted by molar-refractivity contribution is 5.95. The van der Waals surface area contributed by atoms with Gasteiger partial charge in [0.25, 0.3) is 0 Å². The Balaban J connectivity index is 2.94. The molecule has 0 atom stereocenters. The van der Waals surface area contributed by atoms with Gasteiger partial charge in [-0.1, -0.05) is 18.7 Å². The van der Waals surface area contributed by atoms with Gasteiger partial charge in [-0.05, 0) is 12.1 Å². The number of ether oxygens (including phenoxy) is 1. The summed E-state index contributed by atoms with van der Waals surface area (Å²) < 4.78 is 4.66. The van der Waals surface area contributed by atoms with Gasteiger partial charge in [-0.15, -0.1) is 0 Å².